The van der Waals surface area contributed by atoms with Crippen LogP contribution in [0.25, 0.3) is 0 Å². The molecule has 0 saturated heterocycles. The minimum Gasteiger partial charge on any atom is -0.265 e. The molecule has 0 atom stereocenters. The van der Waals surface area contributed by atoms with E-state index in [4.69, 9.17) is 0 Å². The van der Waals surface area contributed by atoms with Crippen molar-refractivity contribution in [1.29, 1.82) is 0 Å². The molecule has 63 valence electrons. The van der Waals surface area contributed by atoms with Gasteiger partial charge in [-0.05, 0) is 24.3 Å². The Hall–Kier alpha value is -1.17. The molecule has 0 bridgehead atoms. The van der Waals surface area contributed by atoms with Gasteiger partial charge in [0, 0.05) is 24.8 Å². The van der Waals surface area contributed by atoms with Crippen LogP contribution in [0, 0.1) is 0 Å². The summed E-state index contributed by atoms with van der Waals surface area (Å²) in [5, 5.41) is 0. The van der Waals surface area contributed by atoms with Crippen LogP contribution in [0.3, 0.4) is 0 Å². The largest absolute Gasteiger partial charge is 3.00 e. The molecule has 2 nitrogen and oxygen atoms in total. The zero-order chi connectivity index (χ0) is 8.49. The molecule has 0 amide bonds. The molecule has 0 fully saturated rings. The van der Waals surface area contributed by atoms with E-state index < -0.39 is 0 Å². The summed E-state index contributed by atoms with van der Waals surface area (Å²) >= 11 is 0. The van der Waals surface area contributed by atoms with Crippen molar-refractivity contribution < 1.29 is 17.4 Å². The quantitative estimate of drug-likeness (QED) is 0.665. The van der Waals surface area contributed by atoms with Crippen LogP contribution in [0.5, 0.6) is 0 Å². The second-order valence-corrected chi connectivity index (χ2v) is 2.05. The molecule has 0 aliphatic carbocycles. The van der Waals surface area contributed by atoms with E-state index in [9.17, 15) is 0 Å². The van der Waals surface area contributed by atoms with E-state index in [0.717, 1.165) is 0 Å². The molecule has 1 radical (unpaired) electrons. The van der Waals surface area contributed by atoms with E-state index in [1.54, 1.807) is 24.8 Å². The van der Waals surface area contributed by atoms with Crippen molar-refractivity contribution >= 4 is 0 Å². The summed E-state index contributed by atoms with van der Waals surface area (Å²) in [6, 6.07) is 11.4. The molecule has 0 unspecified atom stereocenters. The summed E-state index contributed by atoms with van der Waals surface area (Å²) in [5.74, 6) is 0. The number of hydrogen-bond donors (Lipinski definition) is 0. The molecule has 0 aliphatic rings. The molecule has 0 spiro atoms. The third kappa shape index (κ3) is 7.20. The Bertz CT molecular complexity index is 188. The number of aromatic nitrogens is 2. The average molecular weight is 210 g/mol. The minimum absolute atomic E-state index is 0. The number of nitrogens with zero attached hydrogens (tertiary/aromatic N) is 2. The first-order valence-corrected chi connectivity index (χ1v) is 3.70. The SMILES string of the molecule is [Cr+3].c1ccncc1.c1ccncc1. The van der Waals surface area contributed by atoms with Gasteiger partial charge in [-0.2, -0.15) is 0 Å². The van der Waals surface area contributed by atoms with Crippen LogP contribution in [-0.4, -0.2) is 9.97 Å². The van der Waals surface area contributed by atoms with Crippen molar-refractivity contribution in [2.24, 2.45) is 0 Å². The third-order valence-corrected chi connectivity index (χ3v) is 1.13. The van der Waals surface area contributed by atoms with Gasteiger partial charge in [0.15, 0.2) is 0 Å². The molecular formula is C10H10CrN2+3. The Kier molecular flexibility index (Phi) is 8.12. The van der Waals surface area contributed by atoms with Crippen LogP contribution < -0.4 is 0 Å². The molecule has 3 heteroatoms. The van der Waals surface area contributed by atoms with Crippen LogP contribution >= 0.6 is 0 Å². The van der Waals surface area contributed by atoms with Crippen molar-refractivity contribution in [2.45, 2.75) is 0 Å². The van der Waals surface area contributed by atoms with E-state index >= 15 is 0 Å². The Morgan fingerprint density at radius 1 is 0.462 bits per heavy atom. The molecule has 2 aromatic heterocycles. The summed E-state index contributed by atoms with van der Waals surface area (Å²) in [6.07, 6.45) is 7.00. The van der Waals surface area contributed by atoms with E-state index in [1.165, 1.54) is 0 Å². The molecule has 0 aliphatic heterocycles. The third-order valence-electron chi connectivity index (χ3n) is 1.13. The molecule has 2 heterocycles. The first-order chi connectivity index (χ1) is 6.00. The maximum atomic E-state index is 3.78. The van der Waals surface area contributed by atoms with Crippen LogP contribution in [0.2, 0.25) is 0 Å². The zero-order valence-electron chi connectivity index (χ0n) is 7.08. The van der Waals surface area contributed by atoms with Gasteiger partial charge in [0.25, 0.3) is 0 Å². The molecule has 13 heavy (non-hydrogen) atoms. The molecule has 0 saturated carbocycles. The Balaban J connectivity index is 0.000000206. The fourth-order valence-corrected chi connectivity index (χ4v) is 0.625. The summed E-state index contributed by atoms with van der Waals surface area (Å²) in [7, 11) is 0. The monoisotopic (exact) mass is 210 g/mol. The number of rotatable bonds is 0. The van der Waals surface area contributed by atoms with Gasteiger partial charge >= 0.3 is 17.4 Å². The summed E-state index contributed by atoms with van der Waals surface area (Å²) in [6.45, 7) is 0. The van der Waals surface area contributed by atoms with E-state index in [2.05, 4.69) is 9.97 Å². The standard InChI is InChI=1S/2C5H5N.Cr/c2*1-2-4-6-5-3-1;/h2*1-5H;/q;;+3. The predicted octanol–water partition coefficient (Wildman–Crippen LogP) is 2.16. The Morgan fingerprint density at radius 2 is 0.769 bits per heavy atom. The maximum absolute atomic E-state index is 3.78. The van der Waals surface area contributed by atoms with Crippen LogP contribution in [-0.2, 0) is 17.4 Å². The molecule has 0 aromatic carbocycles. The second-order valence-electron chi connectivity index (χ2n) is 2.05. The van der Waals surface area contributed by atoms with Crippen LogP contribution in [0.1, 0.15) is 0 Å². The summed E-state index contributed by atoms with van der Waals surface area (Å²) in [5.41, 5.74) is 0. The zero-order valence-corrected chi connectivity index (χ0v) is 8.35. The number of hydrogen-bond acceptors (Lipinski definition) is 2. The van der Waals surface area contributed by atoms with Crippen molar-refractivity contribution in [1.82, 2.24) is 9.97 Å². The van der Waals surface area contributed by atoms with Gasteiger partial charge in [0.05, 0.1) is 0 Å². The minimum atomic E-state index is 0. The fourth-order valence-electron chi connectivity index (χ4n) is 0.625. The van der Waals surface area contributed by atoms with E-state index in [-0.39, 0.29) is 17.4 Å². The molecule has 0 N–H and O–H groups in total. The average Bonchev–Trinajstić information content (AvgIpc) is 2.24. The Labute approximate surface area is 88.8 Å². The fraction of sp³-hybridized carbons (Fsp3) is 0. The van der Waals surface area contributed by atoms with E-state index in [1.807, 2.05) is 36.4 Å². The van der Waals surface area contributed by atoms with Crippen molar-refractivity contribution in [3.63, 3.8) is 0 Å². The maximum Gasteiger partial charge on any atom is 3.00 e. The van der Waals surface area contributed by atoms with Crippen LogP contribution in [0.4, 0.5) is 0 Å². The van der Waals surface area contributed by atoms with Gasteiger partial charge < -0.3 is 0 Å². The predicted molar refractivity (Wildman–Crippen MR) is 48.5 cm³/mol. The first-order valence-electron chi connectivity index (χ1n) is 3.70. The second kappa shape index (κ2) is 8.92. The van der Waals surface area contributed by atoms with Crippen molar-refractivity contribution in [3.05, 3.63) is 61.2 Å². The van der Waals surface area contributed by atoms with Crippen LogP contribution in [0.15, 0.2) is 61.2 Å². The summed E-state index contributed by atoms with van der Waals surface area (Å²) < 4.78 is 0. The van der Waals surface area contributed by atoms with Gasteiger partial charge in [0.2, 0.25) is 0 Å². The smallest absolute Gasteiger partial charge is 0.265 e. The Morgan fingerprint density at radius 3 is 0.846 bits per heavy atom. The van der Waals surface area contributed by atoms with Gasteiger partial charge in [-0.1, -0.05) is 12.1 Å². The van der Waals surface area contributed by atoms with Crippen molar-refractivity contribution in [3.8, 4) is 0 Å². The van der Waals surface area contributed by atoms with Gasteiger partial charge in [0.1, 0.15) is 0 Å². The molecular weight excluding hydrogens is 200 g/mol. The van der Waals surface area contributed by atoms with Crippen molar-refractivity contribution in [2.75, 3.05) is 0 Å². The van der Waals surface area contributed by atoms with Gasteiger partial charge in [-0.25, -0.2) is 0 Å². The summed E-state index contributed by atoms with van der Waals surface area (Å²) in [4.78, 5) is 7.57. The topological polar surface area (TPSA) is 25.8 Å². The first kappa shape index (κ1) is 11.8. The normalized spacial score (nSPS) is 7.38. The number of pyridine rings is 2. The van der Waals surface area contributed by atoms with E-state index in [0.29, 0.717) is 0 Å². The molecule has 2 aromatic rings. The molecule has 2 rings (SSSR count). The van der Waals surface area contributed by atoms with Gasteiger partial charge in [-0.15, -0.1) is 0 Å². The van der Waals surface area contributed by atoms with Gasteiger partial charge in [-0.3, -0.25) is 9.97 Å².